The van der Waals surface area contributed by atoms with Crippen LogP contribution in [0.25, 0.3) is 5.69 Å². The van der Waals surface area contributed by atoms with Crippen LogP contribution in [0.15, 0.2) is 59.9 Å². The monoisotopic (exact) mass is 437 g/mol. The number of aromatic nitrogens is 2. The smallest absolute Gasteiger partial charge is 0.191 e. The molecule has 2 heterocycles. The largest absolute Gasteiger partial charge is 0.467 e. The molecule has 1 aliphatic heterocycles. The summed E-state index contributed by atoms with van der Waals surface area (Å²) in [6, 6.07) is 13.2. The Hall–Kier alpha value is -3.39. The molecule has 0 radical (unpaired) electrons. The highest BCUT2D eigenvalue weighted by Crippen LogP contribution is 2.29. The summed E-state index contributed by atoms with van der Waals surface area (Å²) in [5.74, 6) is 1.19. The molecule has 0 atom stereocenters. The van der Waals surface area contributed by atoms with Gasteiger partial charge in [0.1, 0.15) is 11.6 Å². The minimum atomic E-state index is -0.277. The van der Waals surface area contributed by atoms with Gasteiger partial charge in [0.15, 0.2) is 12.8 Å². The first kappa shape index (κ1) is 21.8. The average Bonchev–Trinajstić information content (AvgIpc) is 3.34. The number of aliphatic imine (C=N–C) groups is 1. The first-order valence-corrected chi connectivity index (χ1v) is 10.9. The third kappa shape index (κ3) is 5.64. The molecular formula is C24H28FN5O2. The minimum absolute atomic E-state index is 0.196. The highest BCUT2D eigenvalue weighted by molar-refractivity contribution is 5.79. The average molecular weight is 438 g/mol. The third-order valence-electron chi connectivity index (χ3n) is 5.16. The molecule has 1 aliphatic rings. The van der Waals surface area contributed by atoms with E-state index < -0.39 is 0 Å². The molecule has 0 saturated heterocycles. The standard InChI is InChI=1S/C24H28FN5O2/c1-2-26-24(27-11-8-18-4-6-22(7-5-18)30-13-3-10-29-30)28-12-9-19-14-21(25)15-20-16-31-17-32-23(19)20/h3-7,10,13-15H,2,8-9,11-12,16-17H2,1H3,(H2,26,27,28). The van der Waals surface area contributed by atoms with Crippen molar-refractivity contribution in [3.63, 3.8) is 0 Å². The number of halogens is 1. The first-order chi connectivity index (χ1) is 15.7. The Morgan fingerprint density at radius 2 is 2.06 bits per heavy atom. The van der Waals surface area contributed by atoms with Gasteiger partial charge in [0.2, 0.25) is 0 Å². The zero-order chi connectivity index (χ0) is 22.2. The Bertz CT molecular complexity index is 1040. The quantitative estimate of drug-likeness (QED) is 0.418. The number of benzene rings is 2. The van der Waals surface area contributed by atoms with Crippen LogP contribution in [0.1, 0.15) is 23.6 Å². The predicted molar refractivity (Wildman–Crippen MR) is 122 cm³/mol. The number of fused-ring (bicyclic) bond motifs is 1. The van der Waals surface area contributed by atoms with Gasteiger partial charge in [0.25, 0.3) is 0 Å². The molecule has 2 aromatic carbocycles. The van der Waals surface area contributed by atoms with Gasteiger partial charge in [-0.1, -0.05) is 12.1 Å². The summed E-state index contributed by atoms with van der Waals surface area (Å²) < 4.78 is 26.6. The molecule has 0 amide bonds. The molecule has 3 aromatic rings. The van der Waals surface area contributed by atoms with Gasteiger partial charge in [0, 0.05) is 37.6 Å². The van der Waals surface area contributed by atoms with Gasteiger partial charge in [-0.15, -0.1) is 0 Å². The molecule has 0 aliphatic carbocycles. The molecule has 8 heteroatoms. The number of rotatable bonds is 8. The molecule has 2 N–H and O–H groups in total. The maximum absolute atomic E-state index is 13.9. The summed E-state index contributed by atoms with van der Waals surface area (Å²) in [6.45, 7) is 4.64. The van der Waals surface area contributed by atoms with E-state index in [9.17, 15) is 4.39 Å². The van der Waals surface area contributed by atoms with E-state index in [1.54, 1.807) is 6.20 Å². The van der Waals surface area contributed by atoms with E-state index in [1.165, 1.54) is 17.7 Å². The van der Waals surface area contributed by atoms with Crippen LogP contribution >= 0.6 is 0 Å². The normalized spacial score (nSPS) is 13.4. The number of hydrogen-bond acceptors (Lipinski definition) is 4. The van der Waals surface area contributed by atoms with Crippen LogP contribution in [0.5, 0.6) is 5.75 Å². The van der Waals surface area contributed by atoms with Gasteiger partial charge in [-0.05, 0) is 61.2 Å². The first-order valence-electron chi connectivity index (χ1n) is 10.9. The van der Waals surface area contributed by atoms with Crippen LogP contribution in [0.2, 0.25) is 0 Å². The van der Waals surface area contributed by atoms with E-state index in [1.807, 2.05) is 23.9 Å². The summed E-state index contributed by atoms with van der Waals surface area (Å²) in [5, 5.41) is 10.9. The van der Waals surface area contributed by atoms with Gasteiger partial charge in [-0.25, -0.2) is 9.07 Å². The van der Waals surface area contributed by atoms with Crippen molar-refractivity contribution in [1.29, 1.82) is 0 Å². The number of nitrogens with one attached hydrogen (secondary N) is 2. The lowest BCUT2D eigenvalue weighted by molar-refractivity contribution is -0.0172. The molecule has 4 rings (SSSR count). The number of ether oxygens (including phenoxy) is 2. The van der Waals surface area contributed by atoms with E-state index in [-0.39, 0.29) is 12.6 Å². The van der Waals surface area contributed by atoms with Gasteiger partial charge in [-0.3, -0.25) is 4.99 Å². The van der Waals surface area contributed by atoms with E-state index in [0.29, 0.717) is 19.6 Å². The van der Waals surface area contributed by atoms with Crippen molar-refractivity contribution in [3.8, 4) is 11.4 Å². The second kappa shape index (κ2) is 10.8. The van der Waals surface area contributed by atoms with Crippen molar-refractivity contribution in [2.24, 2.45) is 4.99 Å². The number of hydrogen-bond donors (Lipinski definition) is 2. The lowest BCUT2D eigenvalue weighted by atomic mass is 10.1. The van der Waals surface area contributed by atoms with Crippen LogP contribution in [-0.2, 0) is 24.2 Å². The topological polar surface area (TPSA) is 72.7 Å². The Morgan fingerprint density at radius 3 is 2.84 bits per heavy atom. The molecule has 0 spiro atoms. The fourth-order valence-electron chi connectivity index (χ4n) is 3.63. The van der Waals surface area contributed by atoms with Crippen molar-refractivity contribution in [3.05, 3.63) is 77.4 Å². The van der Waals surface area contributed by atoms with E-state index in [2.05, 4.69) is 45.0 Å². The fourth-order valence-corrected chi connectivity index (χ4v) is 3.63. The number of guanidine groups is 1. The predicted octanol–water partition coefficient (Wildman–Crippen LogP) is 3.22. The van der Waals surface area contributed by atoms with Crippen LogP contribution in [-0.4, -0.2) is 42.2 Å². The summed E-state index contributed by atoms with van der Waals surface area (Å²) >= 11 is 0. The lowest BCUT2D eigenvalue weighted by Crippen LogP contribution is -2.38. The van der Waals surface area contributed by atoms with Gasteiger partial charge in [-0.2, -0.15) is 5.10 Å². The highest BCUT2D eigenvalue weighted by atomic mass is 19.1. The highest BCUT2D eigenvalue weighted by Gasteiger charge is 2.16. The van der Waals surface area contributed by atoms with Crippen molar-refractivity contribution in [1.82, 2.24) is 20.4 Å². The molecule has 168 valence electrons. The van der Waals surface area contributed by atoms with Crippen molar-refractivity contribution < 1.29 is 13.9 Å². The van der Waals surface area contributed by atoms with Crippen molar-refractivity contribution >= 4 is 5.96 Å². The molecule has 0 bridgehead atoms. The summed E-state index contributed by atoms with van der Waals surface area (Å²) in [5.41, 5.74) is 3.84. The summed E-state index contributed by atoms with van der Waals surface area (Å²) in [6.07, 6.45) is 5.15. The molecule has 7 nitrogen and oxygen atoms in total. The van der Waals surface area contributed by atoms with Crippen LogP contribution < -0.4 is 15.4 Å². The molecule has 1 aromatic heterocycles. The van der Waals surface area contributed by atoms with Gasteiger partial charge in [0.05, 0.1) is 12.3 Å². The SMILES string of the molecule is CCNC(=NCCc1cc(F)cc2c1OCOC2)NCCc1ccc(-n2cccn2)cc1. The minimum Gasteiger partial charge on any atom is -0.467 e. The maximum Gasteiger partial charge on any atom is 0.191 e. The summed E-state index contributed by atoms with van der Waals surface area (Å²) in [7, 11) is 0. The maximum atomic E-state index is 13.9. The molecular weight excluding hydrogens is 409 g/mol. The Morgan fingerprint density at radius 1 is 1.19 bits per heavy atom. The Labute approximate surface area is 187 Å². The van der Waals surface area contributed by atoms with Crippen molar-refractivity contribution in [2.45, 2.75) is 26.4 Å². The van der Waals surface area contributed by atoms with Gasteiger partial charge >= 0.3 is 0 Å². The van der Waals surface area contributed by atoms with Crippen LogP contribution in [0.4, 0.5) is 4.39 Å². The fraction of sp³-hybridized carbons (Fsp3) is 0.333. The van der Waals surface area contributed by atoms with Crippen molar-refractivity contribution in [2.75, 3.05) is 26.4 Å². The van der Waals surface area contributed by atoms with Gasteiger partial charge < -0.3 is 20.1 Å². The van der Waals surface area contributed by atoms with Crippen LogP contribution in [0, 0.1) is 5.82 Å². The van der Waals surface area contributed by atoms with E-state index in [0.717, 1.165) is 48.0 Å². The third-order valence-corrected chi connectivity index (χ3v) is 5.16. The Kier molecular flexibility index (Phi) is 7.34. The second-order valence-electron chi connectivity index (χ2n) is 7.47. The number of nitrogens with zero attached hydrogens (tertiary/aromatic N) is 3. The molecule has 0 fully saturated rings. The van der Waals surface area contributed by atoms with E-state index >= 15 is 0 Å². The zero-order valence-electron chi connectivity index (χ0n) is 18.2. The second-order valence-corrected chi connectivity index (χ2v) is 7.47. The molecule has 0 unspecified atom stereocenters. The van der Waals surface area contributed by atoms with E-state index in [4.69, 9.17) is 9.47 Å². The Balaban J connectivity index is 1.30. The lowest BCUT2D eigenvalue weighted by Gasteiger charge is -2.20. The molecule has 0 saturated carbocycles. The summed E-state index contributed by atoms with van der Waals surface area (Å²) in [4.78, 5) is 4.64. The van der Waals surface area contributed by atoms with Crippen LogP contribution in [0.3, 0.4) is 0 Å². The molecule has 32 heavy (non-hydrogen) atoms. The zero-order valence-corrected chi connectivity index (χ0v) is 18.2.